The Balaban J connectivity index is 0.00000361. The van der Waals surface area contributed by atoms with Crippen molar-refractivity contribution in [3.8, 4) is 0 Å². The molecule has 1 aromatic rings. The lowest BCUT2D eigenvalue weighted by atomic mass is 9.76. The summed E-state index contributed by atoms with van der Waals surface area (Å²) < 4.78 is 0. The summed E-state index contributed by atoms with van der Waals surface area (Å²) in [6.45, 7) is 9.30. The molecule has 0 aromatic heterocycles. The quantitative estimate of drug-likeness (QED) is 0.443. The monoisotopic (exact) mass is 389 g/mol. The molecule has 20 heavy (non-hydrogen) atoms. The molecule has 0 aliphatic rings. The maximum absolute atomic E-state index is 5.91. The fraction of sp³-hybridized carbons (Fsp3) is 0.562. The first kappa shape index (κ1) is 19.2. The van der Waals surface area contributed by atoms with E-state index in [2.05, 4.69) is 68.3 Å². The normalized spacial score (nSPS) is 12.2. The molecular weight excluding hydrogens is 361 g/mol. The van der Waals surface area contributed by atoms with Crippen molar-refractivity contribution in [3.05, 3.63) is 35.9 Å². The molecule has 0 saturated heterocycles. The summed E-state index contributed by atoms with van der Waals surface area (Å²) in [5.74, 6) is 0.539. The Morgan fingerprint density at radius 3 is 2.20 bits per heavy atom. The third-order valence-electron chi connectivity index (χ3n) is 3.73. The fourth-order valence-corrected chi connectivity index (χ4v) is 2.34. The van der Waals surface area contributed by atoms with Crippen molar-refractivity contribution in [3.63, 3.8) is 0 Å². The first-order valence-electron chi connectivity index (χ1n) is 7.16. The van der Waals surface area contributed by atoms with Gasteiger partial charge in [0.1, 0.15) is 0 Å². The van der Waals surface area contributed by atoms with Crippen LogP contribution in [-0.2, 0) is 5.41 Å². The first-order valence-corrected chi connectivity index (χ1v) is 7.16. The number of aliphatic imine (C=N–C) groups is 1. The zero-order chi connectivity index (χ0) is 14.3. The maximum Gasteiger partial charge on any atom is 0.188 e. The van der Waals surface area contributed by atoms with Gasteiger partial charge in [0.25, 0.3) is 0 Å². The van der Waals surface area contributed by atoms with E-state index >= 15 is 0 Å². The van der Waals surface area contributed by atoms with Gasteiger partial charge < -0.3 is 11.1 Å². The molecule has 0 saturated carbocycles. The van der Waals surface area contributed by atoms with Crippen LogP contribution >= 0.6 is 24.0 Å². The van der Waals surface area contributed by atoms with Gasteiger partial charge in [0.2, 0.25) is 0 Å². The van der Waals surface area contributed by atoms with Crippen molar-refractivity contribution in [2.24, 2.45) is 10.7 Å². The molecule has 0 spiro atoms. The van der Waals surface area contributed by atoms with Gasteiger partial charge in [-0.1, -0.05) is 44.2 Å². The van der Waals surface area contributed by atoms with Gasteiger partial charge in [-0.2, -0.15) is 0 Å². The summed E-state index contributed by atoms with van der Waals surface area (Å²) in [5.41, 5.74) is 7.34. The van der Waals surface area contributed by atoms with Crippen LogP contribution in [0.15, 0.2) is 35.3 Å². The Kier molecular flexibility index (Phi) is 8.85. The van der Waals surface area contributed by atoms with E-state index in [-0.39, 0.29) is 29.4 Å². The predicted octanol–water partition coefficient (Wildman–Crippen LogP) is 3.68. The average Bonchev–Trinajstić information content (AvgIpc) is 2.41. The third kappa shape index (κ3) is 5.31. The zero-order valence-corrected chi connectivity index (χ0v) is 15.3. The Morgan fingerprint density at radius 2 is 1.75 bits per heavy atom. The topological polar surface area (TPSA) is 50.4 Å². The zero-order valence-electron chi connectivity index (χ0n) is 13.0. The van der Waals surface area contributed by atoms with Crippen LogP contribution in [-0.4, -0.2) is 18.5 Å². The molecule has 0 heterocycles. The number of nitrogens with zero attached hydrogens (tertiary/aromatic N) is 1. The third-order valence-corrected chi connectivity index (χ3v) is 3.73. The van der Waals surface area contributed by atoms with Crippen molar-refractivity contribution in [2.75, 3.05) is 6.54 Å². The van der Waals surface area contributed by atoms with E-state index in [4.69, 9.17) is 5.73 Å². The molecule has 114 valence electrons. The Labute approximate surface area is 140 Å². The van der Waals surface area contributed by atoms with Gasteiger partial charge in [-0.3, -0.25) is 4.99 Å². The van der Waals surface area contributed by atoms with Crippen molar-refractivity contribution in [1.29, 1.82) is 0 Å². The van der Waals surface area contributed by atoms with Gasteiger partial charge in [0.15, 0.2) is 5.96 Å². The van der Waals surface area contributed by atoms with Crippen LogP contribution in [0.5, 0.6) is 0 Å². The molecule has 0 fully saturated rings. The summed E-state index contributed by atoms with van der Waals surface area (Å²) in [7, 11) is 0. The number of guanidine groups is 1. The minimum atomic E-state index is 0. The summed E-state index contributed by atoms with van der Waals surface area (Å²) in [5, 5.41) is 3.14. The molecule has 0 radical (unpaired) electrons. The molecule has 1 rings (SSSR count). The minimum Gasteiger partial charge on any atom is -0.370 e. The molecule has 3 N–H and O–H groups in total. The van der Waals surface area contributed by atoms with Crippen molar-refractivity contribution >= 4 is 29.9 Å². The van der Waals surface area contributed by atoms with E-state index in [1.54, 1.807) is 0 Å². The Bertz CT molecular complexity index is 397. The van der Waals surface area contributed by atoms with Gasteiger partial charge in [-0.25, -0.2) is 0 Å². The van der Waals surface area contributed by atoms with E-state index in [1.807, 2.05) is 0 Å². The highest BCUT2D eigenvalue weighted by Crippen LogP contribution is 2.31. The number of hydrogen-bond donors (Lipinski definition) is 2. The van der Waals surface area contributed by atoms with Gasteiger partial charge in [-0.15, -0.1) is 24.0 Å². The van der Waals surface area contributed by atoms with E-state index in [1.165, 1.54) is 5.56 Å². The van der Waals surface area contributed by atoms with Crippen LogP contribution in [0.2, 0.25) is 0 Å². The number of nitrogens with one attached hydrogen (secondary N) is 1. The number of rotatable bonds is 6. The number of benzene rings is 1. The van der Waals surface area contributed by atoms with Crippen molar-refractivity contribution < 1.29 is 0 Å². The summed E-state index contributed by atoms with van der Waals surface area (Å²) >= 11 is 0. The number of halogens is 1. The molecule has 4 heteroatoms. The predicted molar refractivity (Wildman–Crippen MR) is 98.9 cm³/mol. The molecule has 0 bridgehead atoms. The summed E-state index contributed by atoms with van der Waals surface area (Å²) in [4.78, 5) is 4.54. The lowest BCUT2D eigenvalue weighted by molar-refractivity contribution is 0.407. The Hall–Kier alpha value is -0.780. The SMILES string of the molecule is CCC(CC)(CN=C(N)NC(C)C)c1ccccc1.I. The van der Waals surface area contributed by atoms with Gasteiger partial charge in [-0.05, 0) is 32.3 Å². The highest BCUT2D eigenvalue weighted by Gasteiger charge is 2.27. The summed E-state index contributed by atoms with van der Waals surface area (Å²) in [6, 6.07) is 10.9. The van der Waals surface area contributed by atoms with Crippen LogP contribution in [0.1, 0.15) is 46.1 Å². The lowest BCUT2D eigenvalue weighted by Crippen LogP contribution is -2.38. The summed E-state index contributed by atoms with van der Waals surface area (Å²) in [6.07, 6.45) is 2.12. The minimum absolute atomic E-state index is 0. The molecule has 0 aliphatic heterocycles. The fourth-order valence-electron chi connectivity index (χ4n) is 2.34. The number of nitrogens with two attached hydrogens (primary N) is 1. The molecule has 1 aromatic carbocycles. The van der Waals surface area contributed by atoms with Gasteiger partial charge >= 0.3 is 0 Å². The van der Waals surface area contributed by atoms with Gasteiger partial charge in [0.05, 0.1) is 6.54 Å². The van der Waals surface area contributed by atoms with E-state index in [9.17, 15) is 0 Å². The van der Waals surface area contributed by atoms with Gasteiger partial charge in [0, 0.05) is 11.5 Å². The first-order chi connectivity index (χ1) is 9.04. The van der Waals surface area contributed by atoms with E-state index in [0.717, 1.165) is 19.4 Å². The van der Waals surface area contributed by atoms with Crippen LogP contribution in [0.25, 0.3) is 0 Å². The Morgan fingerprint density at radius 1 is 1.20 bits per heavy atom. The molecule has 0 unspecified atom stereocenters. The average molecular weight is 389 g/mol. The molecule has 0 aliphatic carbocycles. The largest absolute Gasteiger partial charge is 0.370 e. The maximum atomic E-state index is 5.91. The molecule has 0 amide bonds. The van der Waals surface area contributed by atoms with E-state index in [0.29, 0.717) is 12.0 Å². The highest BCUT2D eigenvalue weighted by molar-refractivity contribution is 14.0. The molecular formula is C16H28IN3. The standard InChI is InChI=1S/C16H27N3.HI/c1-5-16(6-2,14-10-8-7-9-11-14)12-18-15(17)19-13(3)4;/h7-11,13H,5-6,12H2,1-4H3,(H3,17,18,19);1H. The second-order valence-corrected chi connectivity index (χ2v) is 5.35. The second-order valence-electron chi connectivity index (χ2n) is 5.35. The van der Waals surface area contributed by atoms with Crippen LogP contribution in [0, 0.1) is 0 Å². The van der Waals surface area contributed by atoms with Crippen molar-refractivity contribution in [2.45, 2.75) is 52.0 Å². The van der Waals surface area contributed by atoms with Crippen LogP contribution in [0.3, 0.4) is 0 Å². The highest BCUT2D eigenvalue weighted by atomic mass is 127. The van der Waals surface area contributed by atoms with Crippen LogP contribution < -0.4 is 11.1 Å². The van der Waals surface area contributed by atoms with E-state index < -0.39 is 0 Å². The smallest absolute Gasteiger partial charge is 0.188 e. The lowest BCUT2D eigenvalue weighted by Gasteiger charge is -2.31. The molecule has 0 atom stereocenters. The second kappa shape index (κ2) is 9.21. The molecule has 3 nitrogen and oxygen atoms in total. The number of hydrogen-bond acceptors (Lipinski definition) is 1. The van der Waals surface area contributed by atoms with Crippen molar-refractivity contribution in [1.82, 2.24) is 5.32 Å². The van der Waals surface area contributed by atoms with Crippen LogP contribution in [0.4, 0.5) is 0 Å².